The predicted molar refractivity (Wildman–Crippen MR) is 104 cm³/mol. The van der Waals surface area contributed by atoms with Gasteiger partial charge in [-0.1, -0.05) is 35.1 Å². The summed E-state index contributed by atoms with van der Waals surface area (Å²) >= 11 is 7.29. The number of aromatic nitrogens is 3. The molecule has 4 aromatic rings. The van der Waals surface area contributed by atoms with Gasteiger partial charge in [-0.05, 0) is 42.0 Å². The second-order valence-electron chi connectivity index (χ2n) is 5.78. The van der Waals surface area contributed by atoms with Crippen LogP contribution in [-0.2, 0) is 6.42 Å². The average Bonchev–Trinajstić information content (AvgIpc) is 3.07. The highest BCUT2D eigenvalue weighted by Gasteiger charge is 2.14. The van der Waals surface area contributed by atoms with Gasteiger partial charge in [-0.3, -0.25) is 15.1 Å². The SMILES string of the molecule is O=C(Nc1nnc(Cc2cccc(F)c2)s1)c1ccnc2ccc(Cl)cc12. The van der Waals surface area contributed by atoms with E-state index in [0.29, 0.717) is 38.0 Å². The molecule has 0 aliphatic carbocycles. The van der Waals surface area contributed by atoms with Gasteiger partial charge in [0.25, 0.3) is 5.91 Å². The van der Waals surface area contributed by atoms with Crippen molar-refractivity contribution in [3.8, 4) is 0 Å². The number of amides is 1. The van der Waals surface area contributed by atoms with Crippen LogP contribution in [-0.4, -0.2) is 21.1 Å². The molecule has 1 amide bonds. The topological polar surface area (TPSA) is 67.8 Å². The Morgan fingerprint density at radius 2 is 2.04 bits per heavy atom. The first-order valence-electron chi connectivity index (χ1n) is 8.01. The molecular formula is C19H12ClFN4OS. The molecule has 0 fully saturated rings. The van der Waals surface area contributed by atoms with Crippen LogP contribution in [0.3, 0.4) is 0 Å². The number of carbonyl (C=O) groups excluding carboxylic acids is 1. The van der Waals surface area contributed by atoms with Gasteiger partial charge in [-0.25, -0.2) is 4.39 Å². The molecule has 5 nitrogen and oxygen atoms in total. The van der Waals surface area contributed by atoms with E-state index in [-0.39, 0.29) is 11.7 Å². The van der Waals surface area contributed by atoms with E-state index in [1.807, 2.05) is 6.07 Å². The van der Waals surface area contributed by atoms with E-state index in [2.05, 4.69) is 20.5 Å². The molecule has 0 aliphatic rings. The van der Waals surface area contributed by atoms with Gasteiger partial charge in [0.1, 0.15) is 10.8 Å². The predicted octanol–water partition coefficient (Wildman–Crippen LogP) is 4.72. The molecule has 4 rings (SSSR count). The number of carbonyl (C=O) groups is 1. The van der Waals surface area contributed by atoms with E-state index in [4.69, 9.17) is 11.6 Å². The van der Waals surface area contributed by atoms with E-state index in [1.165, 1.54) is 23.5 Å². The highest BCUT2D eigenvalue weighted by Crippen LogP contribution is 2.24. The number of hydrogen-bond donors (Lipinski definition) is 1. The number of benzene rings is 2. The van der Waals surface area contributed by atoms with Crippen molar-refractivity contribution in [2.24, 2.45) is 0 Å². The molecular weight excluding hydrogens is 387 g/mol. The zero-order valence-electron chi connectivity index (χ0n) is 13.8. The van der Waals surface area contributed by atoms with Crippen LogP contribution in [0.2, 0.25) is 5.02 Å². The molecule has 8 heteroatoms. The van der Waals surface area contributed by atoms with Crippen LogP contribution in [0, 0.1) is 5.82 Å². The fourth-order valence-electron chi connectivity index (χ4n) is 2.68. The van der Waals surface area contributed by atoms with E-state index >= 15 is 0 Å². The van der Waals surface area contributed by atoms with Gasteiger partial charge in [0.05, 0.1) is 11.1 Å². The molecule has 0 bridgehead atoms. The van der Waals surface area contributed by atoms with E-state index < -0.39 is 0 Å². The fourth-order valence-corrected chi connectivity index (χ4v) is 3.62. The lowest BCUT2D eigenvalue weighted by molar-refractivity contribution is 0.102. The third-order valence-electron chi connectivity index (χ3n) is 3.88. The summed E-state index contributed by atoms with van der Waals surface area (Å²) in [5, 5.41) is 13.0. The molecule has 0 saturated heterocycles. The highest BCUT2D eigenvalue weighted by atomic mass is 35.5. The Balaban J connectivity index is 1.54. The number of nitrogens with zero attached hydrogens (tertiary/aromatic N) is 3. The summed E-state index contributed by atoms with van der Waals surface area (Å²) in [7, 11) is 0. The van der Waals surface area contributed by atoms with Gasteiger partial charge in [0.2, 0.25) is 5.13 Å². The quantitative estimate of drug-likeness (QED) is 0.540. The van der Waals surface area contributed by atoms with Crippen molar-refractivity contribution in [2.75, 3.05) is 5.32 Å². The van der Waals surface area contributed by atoms with Crippen LogP contribution in [0.1, 0.15) is 20.9 Å². The minimum absolute atomic E-state index is 0.297. The van der Waals surface area contributed by atoms with E-state index in [9.17, 15) is 9.18 Å². The van der Waals surface area contributed by atoms with Crippen LogP contribution in [0.5, 0.6) is 0 Å². The monoisotopic (exact) mass is 398 g/mol. The third-order valence-corrected chi connectivity index (χ3v) is 4.95. The minimum atomic E-state index is -0.321. The maximum absolute atomic E-state index is 13.3. The molecule has 0 aliphatic heterocycles. The lowest BCUT2D eigenvalue weighted by Crippen LogP contribution is -2.12. The number of anilines is 1. The molecule has 2 aromatic carbocycles. The summed E-state index contributed by atoms with van der Waals surface area (Å²) in [6.45, 7) is 0. The smallest absolute Gasteiger partial charge is 0.258 e. The molecule has 0 radical (unpaired) electrons. The Hall–Kier alpha value is -2.90. The fraction of sp³-hybridized carbons (Fsp3) is 0.0526. The Bertz CT molecular complexity index is 1150. The molecule has 1 N–H and O–H groups in total. The summed E-state index contributed by atoms with van der Waals surface area (Å²) in [5.74, 6) is -0.619. The summed E-state index contributed by atoms with van der Waals surface area (Å²) in [6.07, 6.45) is 2.01. The second kappa shape index (κ2) is 7.38. The van der Waals surface area contributed by atoms with Gasteiger partial charge < -0.3 is 0 Å². The van der Waals surface area contributed by atoms with Crippen molar-refractivity contribution in [1.82, 2.24) is 15.2 Å². The molecule has 0 spiro atoms. The van der Waals surface area contributed by atoms with Crippen molar-refractivity contribution >= 4 is 44.9 Å². The van der Waals surface area contributed by atoms with Crippen LogP contribution >= 0.6 is 22.9 Å². The first-order chi connectivity index (χ1) is 13.1. The number of pyridine rings is 1. The summed E-state index contributed by atoms with van der Waals surface area (Å²) in [4.78, 5) is 16.9. The van der Waals surface area contributed by atoms with Gasteiger partial charge in [-0.15, -0.1) is 10.2 Å². The standard InChI is InChI=1S/C19H12ClFN4OS/c20-12-4-5-16-15(10-12)14(6-7-22-16)18(26)23-19-25-24-17(27-19)9-11-2-1-3-13(21)8-11/h1-8,10H,9H2,(H,23,25,26). The number of fused-ring (bicyclic) bond motifs is 1. The van der Waals surface area contributed by atoms with E-state index in [0.717, 1.165) is 5.56 Å². The van der Waals surface area contributed by atoms with Crippen molar-refractivity contribution < 1.29 is 9.18 Å². The number of halogens is 2. The zero-order valence-corrected chi connectivity index (χ0v) is 15.4. The maximum Gasteiger partial charge on any atom is 0.258 e. The number of hydrogen-bond acceptors (Lipinski definition) is 5. The van der Waals surface area contributed by atoms with Gasteiger partial charge in [-0.2, -0.15) is 0 Å². The van der Waals surface area contributed by atoms with Crippen molar-refractivity contribution in [3.05, 3.63) is 81.7 Å². The lowest BCUT2D eigenvalue weighted by atomic mass is 10.1. The van der Waals surface area contributed by atoms with Crippen LogP contribution in [0.15, 0.2) is 54.7 Å². The molecule has 0 unspecified atom stereocenters. The van der Waals surface area contributed by atoms with Crippen molar-refractivity contribution in [1.29, 1.82) is 0 Å². The first-order valence-corrected chi connectivity index (χ1v) is 9.20. The van der Waals surface area contributed by atoms with E-state index in [1.54, 1.807) is 36.5 Å². The maximum atomic E-state index is 13.3. The van der Waals surface area contributed by atoms with Crippen molar-refractivity contribution in [2.45, 2.75) is 6.42 Å². The highest BCUT2D eigenvalue weighted by molar-refractivity contribution is 7.15. The number of rotatable bonds is 4. The largest absolute Gasteiger partial charge is 0.296 e. The first kappa shape index (κ1) is 17.5. The summed E-state index contributed by atoms with van der Waals surface area (Å²) in [5.41, 5.74) is 1.92. The molecule has 0 saturated carbocycles. The Labute approximate surface area is 162 Å². The van der Waals surface area contributed by atoms with Crippen molar-refractivity contribution in [3.63, 3.8) is 0 Å². The second-order valence-corrected chi connectivity index (χ2v) is 7.28. The third kappa shape index (κ3) is 3.94. The Morgan fingerprint density at radius 3 is 2.89 bits per heavy atom. The average molecular weight is 399 g/mol. The van der Waals surface area contributed by atoms with Gasteiger partial charge in [0, 0.05) is 23.0 Å². The normalized spacial score (nSPS) is 10.9. The minimum Gasteiger partial charge on any atom is -0.296 e. The molecule has 2 heterocycles. The molecule has 134 valence electrons. The lowest BCUT2D eigenvalue weighted by Gasteiger charge is -2.05. The Kier molecular flexibility index (Phi) is 4.79. The zero-order chi connectivity index (χ0) is 18.8. The molecule has 0 atom stereocenters. The van der Waals surface area contributed by atoms with Crippen LogP contribution < -0.4 is 5.32 Å². The number of nitrogens with one attached hydrogen (secondary N) is 1. The van der Waals surface area contributed by atoms with Crippen LogP contribution in [0.4, 0.5) is 9.52 Å². The Morgan fingerprint density at radius 1 is 1.15 bits per heavy atom. The molecule has 2 aromatic heterocycles. The van der Waals surface area contributed by atoms with Gasteiger partial charge >= 0.3 is 0 Å². The van der Waals surface area contributed by atoms with Crippen LogP contribution in [0.25, 0.3) is 10.9 Å². The molecule has 27 heavy (non-hydrogen) atoms. The summed E-state index contributed by atoms with van der Waals surface area (Å²) in [6, 6.07) is 13.1. The summed E-state index contributed by atoms with van der Waals surface area (Å²) < 4.78 is 13.3. The van der Waals surface area contributed by atoms with Gasteiger partial charge in [0.15, 0.2) is 0 Å².